The molecule has 1 atom stereocenters. The quantitative estimate of drug-likeness (QED) is 0.316. The van der Waals surface area contributed by atoms with Crippen LogP contribution in [-0.4, -0.2) is 29.9 Å². The molecule has 0 bridgehead atoms. The van der Waals surface area contributed by atoms with Crippen LogP contribution < -0.4 is 29.6 Å². The Bertz CT molecular complexity index is 241. The molecular weight excluding hydrogens is 239 g/mol. The second kappa shape index (κ2) is 11.0. The van der Waals surface area contributed by atoms with Crippen molar-refractivity contribution in [2.24, 2.45) is 0 Å². The van der Waals surface area contributed by atoms with E-state index in [4.69, 9.17) is 0 Å². The topological polar surface area (TPSA) is 77.4 Å². The largest absolute Gasteiger partial charge is 1.00 e. The molecule has 0 aromatic carbocycles. The Morgan fingerprint density at radius 1 is 1.12 bits per heavy atom. The molecule has 0 radical (unpaired) electrons. The Kier molecular flexibility index (Phi) is 13.2. The van der Waals surface area contributed by atoms with Gasteiger partial charge in [0, 0.05) is 5.75 Å². The van der Waals surface area contributed by atoms with E-state index in [0.29, 0.717) is 19.3 Å². The van der Waals surface area contributed by atoms with Crippen molar-refractivity contribution in [2.45, 2.75) is 58.0 Å². The van der Waals surface area contributed by atoms with E-state index >= 15 is 0 Å². The maximum atomic E-state index is 10.3. The molecule has 0 rings (SSSR count). The zero-order valence-electron chi connectivity index (χ0n) is 10.3. The van der Waals surface area contributed by atoms with Gasteiger partial charge in [-0.15, -0.1) is 0 Å². The minimum absolute atomic E-state index is 0. The van der Waals surface area contributed by atoms with E-state index in [1.807, 2.05) is 0 Å². The zero-order valence-corrected chi connectivity index (χ0v) is 13.1. The first kappa shape index (κ1) is 19.2. The summed E-state index contributed by atoms with van der Waals surface area (Å²) in [6, 6.07) is 0. The number of unbranched alkanes of at least 4 members (excludes halogenated alkanes) is 3. The van der Waals surface area contributed by atoms with Gasteiger partial charge in [-0.25, -0.2) is 8.42 Å². The molecule has 92 valence electrons. The average Bonchev–Trinajstić information content (AvgIpc) is 2.12. The molecule has 0 fully saturated rings. The smallest absolute Gasteiger partial charge is 0.748 e. The molecule has 0 aliphatic rings. The van der Waals surface area contributed by atoms with E-state index in [1.165, 1.54) is 0 Å². The number of hydrogen-bond acceptors (Lipinski definition) is 4. The van der Waals surface area contributed by atoms with E-state index < -0.39 is 10.1 Å². The van der Waals surface area contributed by atoms with Gasteiger partial charge in [0.2, 0.25) is 0 Å². The summed E-state index contributed by atoms with van der Waals surface area (Å²) in [5.41, 5.74) is 0. The van der Waals surface area contributed by atoms with Crippen molar-refractivity contribution in [1.82, 2.24) is 0 Å². The molecular formula is C10H21NaO4S. The first-order chi connectivity index (χ1) is 6.95. The molecule has 1 N–H and O–H groups in total. The van der Waals surface area contributed by atoms with Gasteiger partial charge < -0.3 is 9.66 Å². The Labute approximate surface area is 121 Å². The van der Waals surface area contributed by atoms with E-state index in [1.54, 1.807) is 0 Å². The Morgan fingerprint density at radius 3 is 2.19 bits per heavy atom. The second-order valence-corrected chi connectivity index (χ2v) is 5.43. The van der Waals surface area contributed by atoms with Crippen LogP contribution in [0.1, 0.15) is 51.9 Å². The maximum Gasteiger partial charge on any atom is 1.00 e. The Balaban J connectivity index is 0. The summed E-state index contributed by atoms with van der Waals surface area (Å²) in [4.78, 5) is 0. The first-order valence-electron chi connectivity index (χ1n) is 5.57. The molecule has 0 heterocycles. The molecule has 0 spiro atoms. The van der Waals surface area contributed by atoms with Gasteiger partial charge in [-0.1, -0.05) is 32.6 Å². The van der Waals surface area contributed by atoms with Crippen molar-refractivity contribution in [2.75, 3.05) is 5.75 Å². The molecule has 0 saturated carbocycles. The fraction of sp³-hybridized carbons (Fsp3) is 1.00. The second-order valence-electron chi connectivity index (χ2n) is 3.91. The number of aliphatic hydroxyl groups excluding tert-OH is 1. The maximum absolute atomic E-state index is 10.3. The van der Waals surface area contributed by atoms with Gasteiger partial charge in [0.25, 0.3) is 0 Å². The Morgan fingerprint density at radius 2 is 1.69 bits per heavy atom. The van der Waals surface area contributed by atoms with Crippen molar-refractivity contribution in [1.29, 1.82) is 0 Å². The minimum atomic E-state index is -4.05. The predicted octanol–water partition coefficient (Wildman–Crippen LogP) is -1.35. The number of hydrogen-bond donors (Lipinski definition) is 1. The summed E-state index contributed by atoms with van der Waals surface area (Å²) >= 11 is 0. The molecule has 0 aliphatic carbocycles. The molecule has 6 heteroatoms. The van der Waals surface area contributed by atoms with Gasteiger partial charge >= 0.3 is 29.6 Å². The van der Waals surface area contributed by atoms with Crippen molar-refractivity contribution < 1.29 is 47.6 Å². The molecule has 0 saturated heterocycles. The van der Waals surface area contributed by atoms with Gasteiger partial charge in [-0.2, -0.15) is 0 Å². The molecule has 0 aliphatic heterocycles. The fourth-order valence-corrected chi connectivity index (χ4v) is 1.98. The van der Waals surface area contributed by atoms with Gasteiger partial charge in [0.15, 0.2) is 0 Å². The summed E-state index contributed by atoms with van der Waals surface area (Å²) in [7, 11) is -4.05. The minimum Gasteiger partial charge on any atom is -0.748 e. The van der Waals surface area contributed by atoms with E-state index in [0.717, 1.165) is 25.7 Å². The van der Waals surface area contributed by atoms with E-state index in [-0.39, 0.29) is 41.4 Å². The van der Waals surface area contributed by atoms with Crippen LogP contribution in [0.15, 0.2) is 0 Å². The van der Waals surface area contributed by atoms with Crippen LogP contribution in [0.5, 0.6) is 0 Å². The van der Waals surface area contributed by atoms with Gasteiger partial charge in [0.1, 0.15) is 0 Å². The van der Waals surface area contributed by atoms with Crippen molar-refractivity contribution in [3.63, 3.8) is 0 Å². The summed E-state index contributed by atoms with van der Waals surface area (Å²) < 4.78 is 30.8. The number of rotatable bonds is 9. The fourth-order valence-electron chi connectivity index (χ4n) is 1.42. The standard InChI is InChI=1S/C10H22O4S.Na/c1-2-3-7-10(11)8-5-4-6-9-15(12,13)14;/h10-11H,2-9H2,1H3,(H,12,13,14);/q;+1/p-1. The van der Waals surface area contributed by atoms with E-state index in [9.17, 15) is 18.1 Å². The molecule has 1 unspecified atom stereocenters. The third-order valence-electron chi connectivity index (χ3n) is 2.32. The summed E-state index contributed by atoms with van der Waals surface area (Å²) in [5, 5.41) is 9.46. The monoisotopic (exact) mass is 260 g/mol. The van der Waals surface area contributed by atoms with Crippen LogP contribution in [0.4, 0.5) is 0 Å². The van der Waals surface area contributed by atoms with Gasteiger partial charge in [-0.3, -0.25) is 0 Å². The zero-order chi connectivity index (χ0) is 11.7. The normalized spacial score (nSPS) is 13.2. The van der Waals surface area contributed by atoms with Gasteiger partial charge in [-0.05, 0) is 19.3 Å². The SMILES string of the molecule is CCCCC(O)CCCCCS(=O)(=O)[O-].[Na+]. The average molecular weight is 260 g/mol. The number of aliphatic hydroxyl groups is 1. The van der Waals surface area contributed by atoms with Crippen LogP contribution >= 0.6 is 0 Å². The summed E-state index contributed by atoms with van der Waals surface area (Å²) in [5.74, 6) is -0.280. The van der Waals surface area contributed by atoms with Crippen LogP contribution in [0.3, 0.4) is 0 Å². The Hall–Kier alpha value is 0.870. The van der Waals surface area contributed by atoms with Crippen LogP contribution in [0, 0.1) is 0 Å². The molecule has 0 amide bonds. The summed E-state index contributed by atoms with van der Waals surface area (Å²) in [6.45, 7) is 2.08. The van der Waals surface area contributed by atoms with Crippen LogP contribution in [0.2, 0.25) is 0 Å². The van der Waals surface area contributed by atoms with Crippen molar-refractivity contribution in [3.05, 3.63) is 0 Å². The third kappa shape index (κ3) is 14.9. The van der Waals surface area contributed by atoms with Crippen LogP contribution in [-0.2, 0) is 10.1 Å². The third-order valence-corrected chi connectivity index (χ3v) is 3.11. The first-order valence-corrected chi connectivity index (χ1v) is 7.15. The predicted molar refractivity (Wildman–Crippen MR) is 58.6 cm³/mol. The summed E-state index contributed by atoms with van der Waals surface area (Å²) in [6.07, 6.45) is 5.25. The van der Waals surface area contributed by atoms with Crippen LogP contribution in [0.25, 0.3) is 0 Å². The van der Waals surface area contributed by atoms with Crippen molar-refractivity contribution in [3.8, 4) is 0 Å². The molecule has 0 aromatic heterocycles. The van der Waals surface area contributed by atoms with Crippen molar-refractivity contribution >= 4 is 10.1 Å². The van der Waals surface area contributed by atoms with E-state index in [2.05, 4.69) is 6.92 Å². The van der Waals surface area contributed by atoms with Gasteiger partial charge in [0.05, 0.1) is 16.2 Å². The molecule has 0 aromatic rings. The molecule has 16 heavy (non-hydrogen) atoms. The molecule has 4 nitrogen and oxygen atoms in total.